The molecule has 2 aromatic heterocycles. The smallest absolute Gasteiger partial charge is 0.255 e. The molecule has 0 atom stereocenters. The zero-order chi connectivity index (χ0) is 13.5. The van der Waals surface area contributed by atoms with E-state index in [0.29, 0.717) is 25.3 Å². The first kappa shape index (κ1) is 13.7. The average molecular weight is 276 g/mol. The molecular weight excluding hydrogens is 260 g/mol. The fourth-order valence-corrected chi connectivity index (χ4v) is 2.44. The standard InChI is InChI=1S/C14H16N2O2S/c1-18-8-7-16(11-13-5-3-9-19-13)14(17)12-4-2-6-15-10-12/h2-6,9-10H,7-8,11H2,1H3. The Kier molecular flexibility index (Phi) is 5.06. The third-order valence-electron chi connectivity index (χ3n) is 2.69. The Morgan fingerprint density at radius 2 is 2.32 bits per heavy atom. The zero-order valence-corrected chi connectivity index (χ0v) is 11.6. The molecule has 0 saturated carbocycles. The number of methoxy groups -OCH3 is 1. The van der Waals surface area contributed by atoms with Gasteiger partial charge in [0.1, 0.15) is 0 Å². The quantitative estimate of drug-likeness (QED) is 0.814. The number of nitrogens with zero attached hydrogens (tertiary/aromatic N) is 2. The van der Waals surface area contributed by atoms with E-state index in [2.05, 4.69) is 4.98 Å². The molecule has 2 rings (SSSR count). The lowest BCUT2D eigenvalue weighted by Gasteiger charge is -2.21. The molecule has 0 bridgehead atoms. The number of aromatic nitrogens is 1. The predicted molar refractivity (Wildman–Crippen MR) is 75.2 cm³/mol. The van der Waals surface area contributed by atoms with Crippen molar-refractivity contribution in [1.82, 2.24) is 9.88 Å². The average Bonchev–Trinajstić information content (AvgIpc) is 2.96. The van der Waals surface area contributed by atoms with E-state index in [0.717, 1.165) is 4.88 Å². The number of hydrogen-bond acceptors (Lipinski definition) is 4. The van der Waals surface area contributed by atoms with Crippen LogP contribution in [0.3, 0.4) is 0 Å². The van der Waals surface area contributed by atoms with E-state index in [4.69, 9.17) is 4.74 Å². The lowest BCUT2D eigenvalue weighted by molar-refractivity contribution is 0.0682. The molecule has 0 aliphatic carbocycles. The summed E-state index contributed by atoms with van der Waals surface area (Å²) in [5, 5.41) is 2.01. The molecule has 4 nitrogen and oxygen atoms in total. The van der Waals surface area contributed by atoms with Crippen molar-refractivity contribution in [2.24, 2.45) is 0 Å². The summed E-state index contributed by atoms with van der Waals surface area (Å²) in [4.78, 5) is 19.3. The van der Waals surface area contributed by atoms with Crippen molar-refractivity contribution in [1.29, 1.82) is 0 Å². The summed E-state index contributed by atoms with van der Waals surface area (Å²) in [6.07, 6.45) is 3.26. The minimum atomic E-state index is -0.0152. The molecule has 0 radical (unpaired) electrons. The van der Waals surface area contributed by atoms with Crippen LogP contribution < -0.4 is 0 Å². The summed E-state index contributed by atoms with van der Waals surface area (Å²) >= 11 is 1.65. The van der Waals surface area contributed by atoms with Crippen LogP contribution in [0, 0.1) is 0 Å². The first-order valence-electron chi connectivity index (χ1n) is 6.02. The fraction of sp³-hybridized carbons (Fsp3) is 0.286. The van der Waals surface area contributed by atoms with Gasteiger partial charge in [-0.1, -0.05) is 6.07 Å². The molecule has 2 heterocycles. The molecule has 0 fully saturated rings. The van der Waals surface area contributed by atoms with Crippen molar-refractivity contribution >= 4 is 17.2 Å². The van der Waals surface area contributed by atoms with Crippen LogP contribution in [-0.4, -0.2) is 36.1 Å². The fourth-order valence-electron chi connectivity index (χ4n) is 1.72. The number of pyridine rings is 1. The molecule has 2 aromatic rings. The normalized spacial score (nSPS) is 10.4. The highest BCUT2D eigenvalue weighted by Gasteiger charge is 2.16. The minimum absolute atomic E-state index is 0.0152. The SMILES string of the molecule is COCCN(Cc1cccs1)C(=O)c1cccnc1. The molecule has 0 aromatic carbocycles. The number of hydrogen-bond donors (Lipinski definition) is 0. The maximum absolute atomic E-state index is 12.4. The molecule has 0 N–H and O–H groups in total. The van der Waals surface area contributed by atoms with Crippen molar-refractivity contribution in [2.75, 3.05) is 20.3 Å². The van der Waals surface area contributed by atoms with Gasteiger partial charge in [-0.2, -0.15) is 0 Å². The second kappa shape index (κ2) is 7.01. The van der Waals surface area contributed by atoms with Gasteiger partial charge in [0.15, 0.2) is 0 Å². The Morgan fingerprint density at radius 3 is 2.95 bits per heavy atom. The van der Waals surface area contributed by atoms with Crippen molar-refractivity contribution < 1.29 is 9.53 Å². The van der Waals surface area contributed by atoms with Gasteiger partial charge in [0, 0.05) is 30.9 Å². The summed E-state index contributed by atoms with van der Waals surface area (Å²) in [5.41, 5.74) is 0.607. The van der Waals surface area contributed by atoms with Crippen LogP contribution in [0.5, 0.6) is 0 Å². The van der Waals surface area contributed by atoms with E-state index in [9.17, 15) is 4.79 Å². The zero-order valence-electron chi connectivity index (χ0n) is 10.8. The monoisotopic (exact) mass is 276 g/mol. The largest absolute Gasteiger partial charge is 0.383 e. The third kappa shape index (κ3) is 3.87. The lowest BCUT2D eigenvalue weighted by Crippen LogP contribution is -2.33. The van der Waals surface area contributed by atoms with Gasteiger partial charge >= 0.3 is 0 Å². The van der Waals surface area contributed by atoms with Crippen LogP contribution in [0.4, 0.5) is 0 Å². The van der Waals surface area contributed by atoms with E-state index in [-0.39, 0.29) is 5.91 Å². The second-order valence-electron chi connectivity index (χ2n) is 4.04. The number of ether oxygens (including phenoxy) is 1. The van der Waals surface area contributed by atoms with Gasteiger partial charge in [0.2, 0.25) is 0 Å². The van der Waals surface area contributed by atoms with Crippen LogP contribution in [-0.2, 0) is 11.3 Å². The molecule has 0 aliphatic rings. The summed E-state index contributed by atoms with van der Waals surface area (Å²) in [5.74, 6) is -0.0152. The first-order valence-corrected chi connectivity index (χ1v) is 6.90. The molecular formula is C14H16N2O2S. The Labute approximate surface area is 116 Å². The van der Waals surface area contributed by atoms with Crippen molar-refractivity contribution in [3.05, 3.63) is 52.5 Å². The van der Waals surface area contributed by atoms with Crippen molar-refractivity contribution in [3.63, 3.8) is 0 Å². The van der Waals surface area contributed by atoms with Crippen LogP contribution in [0.15, 0.2) is 42.0 Å². The third-order valence-corrected chi connectivity index (χ3v) is 3.55. The van der Waals surface area contributed by atoms with Crippen molar-refractivity contribution in [3.8, 4) is 0 Å². The number of carbonyl (C=O) groups is 1. The summed E-state index contributed by atoms with van der Waals surface area (Å²) < 4.78 is 5.07. The summed E-state index contributed by atoms with van der Waals surface area (Å²) in [7, 11) is 1.64. The van der Waals surface area contributed by atoms with E-state index in [1.54, 1.807) is 47.9 Å². The highest BCUT2D eigenvalue weighted by Crippen LogP contribution is 2.14. The highest BCUT2D eigenvalue weighted by atomic mass is 32.1. The molecule has 0 saturated heterocycles. The van der Waals surface area contributed by atoms with E-state index < -0.39 is 0 Å². The van der Waals surface area contributed by atoms with Crippen LogP contribution >= 0.6 is 11.3 Å². The number of carbonyl (C=O) groups excluding carboxylic acids is 1. The van der Waals surface area contributed by atoms with Crippen LogP contribution in [0.2, 0.25) is 0 Å². The summed E-state index contributed by atoms with van der Waals surface area (Å²) in [6, 6.07) is 7.57. The van der Waals surface area contributed by atoms with Gasteiger partial charge in [-0.25, -0.2) is 0 Å². The minimum Gasteiger partial charge on any atom is -0.383 e. The molecule has 5 heteroatoms. The van der Waals surface area contributed by atoms with Gasteiger partial charge in [0.05, 0.1) is 18.7 Å². The first-order chi connectivity index (χ1) is 9.31. The van der Waals surface area contributed by atoms with Gasteiger partial charge < -0.3 is 9.64 Å². The van der Waals surface area contributed by atoms with Gasteiger partial charge in [0.25, 0.3) is 5.91 Å². The van der Waals surface area contributed by atoms with E-state index in [1.165, 1.54) is 0 Å². The topological polar surface area (TPSA) is 42.4 Å². The molecule has 100 valence electrons. The number of thiophene rings is 1. The van der Waals surface area contributed by atoms with Gasteiger partial charge in [-0.05, 0) is 23.6 Å². The number of amides is 1. The Morgan fingerprint density at radius 1 is 1.42 bits per heavy atom. The summed E-state index contributed by atoms with van der Waals surface area (Å²) in [6.45, 7) is 1.70. The molecule has 0 spiro atoms. The van der Waals surface area contributed by atoms with Gasteiger partial charge in [-0.15, -0.1) is 11.3 Å². The van der Waals surface area contributed by atoms with Crippen molar-refractivity contribution in [2.45, 2.75) is 6.54 Å². The Balaban J connectivity index is 2.10. The highest BCUT2D eigenvalue weighted by molar-refractivity contribution is 7.09. The van der Waals surface area contributed by atoms with Gasteiger partial charge in [-0.3, -0.25) is 9.78 Å². The van der Waals surface area contributed by atoms with E-state index >= 15 is 0 Å². The Bertz CT molecular complexity index is 499. The van der Waals surface area contributed by atoms with E-state index in [1.807, 2.05) is 17.5 Å². The maximum atomic E-state index is 12.4. The molecule has 0 unspecified atom stereocenters. The lowest BCUT2D eigenvalue weighted by atomic mass is 10.2. The second-order valence-corrected chi connectivity index (χ2v) is 5.07. The van der Waals surface area contributed by atoms with Crippen LogP contribution in [0.1, 0.15) is 15.2 Å². The Hall–Kier alpha value is -1.72. The predicted octanol–water partition coefficient (Wildman–Crippen LogP) is 2.43. The molecule has 19 heavy (non-hydrogen) atoms. The molecule has 1 amide bonds. The maximum Gasteiger partial charge on any atom is 0.255 e. The van der Waals surface area contributed by atoms with Crippen LogP contribution in [0.25, 0.3) is 0 Å². The number of rotatable bonds is 6. The molecule has 0 aliphatic heterocycles.